The zero-order valence-corrected chi connectivity index (χ0v) is 17.6. The summed E-state index contributed by atoms with van der Waals surface area (Å²) in [5.41, 5.74) is 3.26. The highest BCUT2D eigenvalue weighted by Crippen LogP contribution is 2.32. The second-order valence-electron chi connectivity index (χ2n) is 6.74. The highest BCUT2D eigenvalue weighted by Gasteiger charge is 2.32. The number of nitro groups is 1. The number of alkyl halides is 3. The maximum Gasteiger partial charge on any atom is 0.417 e. The molecule has 180 valence electrons. The number of nitrogens with one attached hydrogen (secondary N) is 4. The third-order valence-electron chi connectivity index (χ3n) is 4.29. The number of pyridine rings is 1. The molecular formula is C18H15ClF3N7O5. The number of benzene rings is 1. The Bertz CT molecular complexity index is 1130. The number of amides is 3. The Labute approximate surface area is 193 Å². The highest BCUT2D eigenvalue weighted by molar-refractivity contribution is 6.39. The number of urea groups is 1. The Kier molecular flexibility index (Phi) is 7.35. The van der Waals surface area contributed by atoms with Gasteiger partial charge in [0, 0.05) is 30.4 Å². The first-order chi connectivity index (χ1) is 16.0. The number of hydrogen-bond acceptors (Lipinski definition) is 8. The normalized spacial score (nSPS) is 15.1. The van der Waals surface area contributed by atoms with E-state index in [0.29, 0.717) is 6.20 Å². The van der Waals surface area contributed by atoms with Gasteiger partial charge in [0.25, 0.3) is 11.6 Å². The molecule has 0 saturated heterocycles. The zero-order chi connectivity index (χ0) is 24.9. The van der Waals surface area contributed by atoms with E-state index in [4.69, 9.17) is 16.4 Å². The van der Waals surface area contributed by atoms with Crippen LogP contribution in [0, 0.1) is 10.1 Å². The van der Waals surface area contributed by atoms with Crippen molar-refractivity contribution >= 4 is 46.4 Å². The number of nitrogens with zero attached hydrogens (tertiary/aromatic N) is 3. The number of halogens is 4. The van der Waals surface area contributed by atoms with Crippen molar-refractivity contribution in [3.8, 4) is 0 Å². The Balaban J connectivity index is 1.42. The van der Waals surface area contributed by atoms with Gasteiger partial charge in [0.15, 0.2) is 6.10 Å². The number of carbonyl (C=O) groups excluding carboxylic acids is 2. The fourth-order valence-electron chi connectivity index (χ4n) is 2.62. The first kappa shape index (κ1) is 24.5. The number of hydrazine groups is 1. The number of anilines is 2. The summed E-state index contributed by atoms with van der Waals surface area (Å²) in [6, 6.07) is 4.92. The van der Waals surface area contributed by atoms with Crippen molar-refractivity contribution in [1.82, 2.24) is 15.8 Å². The number of non-ortho nitro benzene ring substituents is 1. The lowest BCUT2D eigenvalue weighted by atomic mass is 10.1. The van der Waals surface area contributed by atoms with Crippen LogP contribution < -0.4 is 21.5 Å². The minimum absolute atomic E-state index is 0.000695. The van der Waals surface area contributed by atoms with Crippen LogP contribution in [-0.2, 0) is 15.8 Å². The van der Waals surface area contributed by atoms with Gasteiger partial charge >= 0.3 is 12.2 Å². The molecule has 1 aliphatic heterocycles. The largest absolute Gasteiger partial charge is 0.417 e. The minimum atomic E-state index is -4.58. The molecule has 0 radical (unpaired) electrons. The molecule has 3 rings (SSSR count). The molecule has 0 spiro atoms. The Morgan fingerprint density at radius 2 is 1.94 bits per heavy atom. The summed E-state index contributed by atoms with van der Waals surface area (Å²) in [6.07, 6.45) is -4.56. The minimum Gasteiger partial charge on any atom is -0.390 e. The highest BCUT2D eigenvalue weighted by atomic mass is 35.5. The molecule has 0 aliphatic carbocycles. The Hall–Kier alpha value is -4.14. The van der Waals surface area contributed by atoms with E-state index in [0.717, 1.165) is 6.07 Å². The number of rotatable bonds is 6. The average molecular weight is 502 g/mol. The smallest absolute Gasteiger partial charge is 0.390 e. The molecule has 2 heterocycles. The number of hydrogen-bond donors (Lipinski definition) is 4. The van der Waals surface area contributed by atoms with Crippen molar-refractivity contribution in [1.29, 1.82) is 0 Å². The van der Waals surface area contributed by atoms with Gasteiger partial charge in [0.2, 0.25) is 0 Å². The number of nitro benzene ring substituents is 1. The number of carbonyl (C=O) groups is 2. The van der Waals surface area contributed by atoms with Crippen molar-refractivity contribution in [2.24, 2.45) is 5.16 Å². The van der Waals surface area contributed by atoms with Gasteiger partial charge in [-0.2, -0.15) is 13.2 Å². The first-order valence-electron chi connectivity index (χ1n) is 9.34. The Morgan fingerprint density at radius 3 is 2.56 bits per heavy atom. The van der Waals surface area contributed by atoms with E-state index in [1.165, 1.54) is 24.3 Å². The predicted molar refractivity (Wildman–Crippen MR) is 113 cm³/mol. The Morgan fingerprint density at radius 1 is 1.24 bits per heavy atom. The number of aromatic nitrogens is 1. The van der Waals surface area contributed by atoms with E-state index < -0.39 is 34.7 Å². The molecule has 0 unspecified atom stereocenters. The van der Waals surface area contributed by atoms with Crippen LogP contribution in [-0.4, -0.2) is 40.2 Å². The monoisotopic (exact) mass is 501 g/mol. The summed E-state index contributed by atoms with van der Waals surface area (Å²) in [5, 5.41) is 19.1. The molecule has 2 aromatic rings. The van der Waals surface area contributed by atoms with Crippen LogP contribution in [0.1, 0.15) is 12.0 Å². The maximum absolute atomic E-state index is 12.7. The van der Waals surface area contributed by atoms with Gasteiger partial charge in [0.1, 0.15) is 11.5 Å². The van der Waals surface area contributed by atoms with Gasteiger partial charge in [-0.05, 0) is 18.2 Å². The van der Waals surface area contributed by atoms with Gasteiger partial charge in [-0.3, -0.25) is 20.3 Å². The van der Waals surface area contributed by atoms with E-state index in [1.54, 1.807) is 0 Å². The van der Waals surface area contributed by atoms with Crippen LogP contribution in [0.4, 0.5) is 35.2 Å². The lowest BCUT2D eigenvalue weighted by molar-refractivity contribution is -0.384. The van der Waals surface area contributed by atoms with Gasteiger partial charge in [-0.1, -0.05) is 16.8 Å². The van der Waals surface area contributed by atoms with Crippen LogP contribution in [0.25, 0.3) is 0 Å². The SMILES string of the molecule is O=C(NNC(=O)C1=NO[C@@H](CNc2ncc(C(F)(F)F)cc2Cl)C1)Nc1ccc([N+](=O)[O-])cc1. The molecule has 0 bridgehead atoms. The average Bonchev–Trinajstić information content (AvgIpc) is 3.25. The van der Waals surface area contributed by atoms with Crippen LogP contribution >= 0.6 is 11.6 Å². The van der Waals surface area contributed by atoms with E-state index >= 15 is 0 Å². The molecule has 4 N–H and O–H groups in total. The van der Waals surface area contributed by atoms with Crippen molar-refractivity contribution in [3.63, 3.8) is 0 Å². The van der Waals surface area contributed by atoms with Crippen molar-refractivity contribution in [2.45, 2.75) is 18.7 Å². The molecule has 3 amide bonds. The summed E-state index contributed by atoms with van der Waals surface area (Å²) in [5.74, 6) is -0.757. The molecule has 16 heteroatoms. The molecule has 12 nitrogen and oxygen atoms in total. The fraction of sp³-hybridized carbons (Fsp3) is 0.222. The topological polar surface area (TPSA) is 160 Å². The molecule has 0 saturated carbocycles. The van der Waals surface area contributed by atoms with Gasteiger partial charge in [-0.25, -0.2) is 15.2 Å². The van der Waals surface area contributed by atoms with Crippen LogP contribution in [0.5, 0.6) is 0 Å². The standard InChI is InChI=1S/C18H15ClF3N7O5/c19-13-5-9(18(20,21)22)7-23-15(13)24-8-12-6-14(28-34-12)16(30)26-27-17(31)25-10-1-3-11(4-2-10)29(32)33/h1-5,7,12H,6,8H2,(H,23,24)(H,26,30)(H2,25,27,31)/t12-/m1/s1. The van der Waals surface area contributed by atoms with E-state index in [-0.39, 0.29) is 40.9 Å². The van der Waals surface area contributed by atoms with Gasteiger partial charge in [-0.15, -0.1) is 0 Å². The van der Waals surface area contributed by atoms with Crippen LogP contribution in [0.15, 0.2) is 41.7 Å². The number of oxime groups is 1. The molecule has 34 heavy (non-hydrogen) atoms. The lowest BCUT2D eigenvalue weighted by Gasteiger charge is -2.13. The first-order valence-corrected chi connectivity index (χ1v) is 9.72. The van der Waals surface area contributed by atoms with E-state index in [2.05, 4.69) is 31.6 Å². The maximum atomic E-state index is 12.7. The lowest BCUT2D eigenvalue weighted by Crippen LogP contribution is -2.46. The third kappa shape index (κ3) is 6.44. The molecule has 1 aliphatic rings. The molecule has 0 fully saturated rings. The molecule has 1 aromatic carbocycles. The zero-order valence-electron chi connectivity index (χ0n) is 16.9. The summed E-state index contributed by atoms with van der Waals surface area (Å²) in [7, 11) is 0. The van der Waals surface area contributed by atoms with Crippen molar-refractivity contribution in [2.75, 3.05) is 17.2 Å². The van der Waals surface area contributed by atoms with Gasteiger partial charge in [0.05, 0.1) is 22.1 Å². The van der Waals surface area contributed by atoms with Crippen molar-refractivity contribution < 1.29 is 32.5 Å². The second-order valence-corrected chi connectivity index (χ2v) is 7.15. The summed E-state index contributed by atoms with van der Waals surface area (Å²) in [6.45, 7) is 0.0341. The van der Waals surface area contributed by atoms with E-state index in [9.17, 15) is 32.9 Å². The summed E-state index contributed by atoms with van der Waals surface area (Å²) >= 11 is 5.82. The van der Waals surface area contributed by atoms with Crippen LogP contribution in [0.3, 0.4) is 0 Å². The third-order valence-corrected chi connectivity index (χ3v) is 4.57. The van der Waals surface area contributed by atoms with Crippen molar-refractivity contribution in [3.05, 3.63) is 57.2 Å². The summed E-state index contributed by atoms with van der Waals surface area (Å²) in [4.78, 5) is 42.7. The van der Waals surface area contributed by atoms with Crippen LogP contribution in [0.2, 0.25) is 5.02 Å². The van der Waals surface area contributed by atoms with Gasteiger partial charge < -0.3 is 15.5 Å². The predicted octanol–water partition coefficient (Wildman–Crippen LogP) is 3.07. The second kappa shape index (κ2) is 10.2. The molecule has 1 aromatic heterocycles. The quantitative estimate of drug-likeness (QED) is 0.349. The molecule has 1 atom stereocenters. The fourth-order valence-corrected chi connectivity index (χ4v) is 2.85. The molecular weight excluding hydrogens is 487 g/mol. The van der Waals surface area contributed by atoms with E-state index in [1.807, 2.05) is 0 Å². The summed E-state index contributed by atoms with van der Waals surface area (Å²) < 4.78 is 38.0.